The summed E-state index contributed by atoms with van der Waals surface area (Å²) in [6, 6.07) is 21.1. The van der Waals surface area contributed by atoms with E-state index < -0.39 is 21.4 Å². The smallest absolute Gasteiger partial charge is 0.417 e. The molecule has 12 heteroatoms. The van der Waals surface area contributed by atoms with Crippen molar-refractivity contribution in [2.45, 2.75) is 37.5 Å². The Morgan fingerprint density at radius 1 is 0.674 bits per heavy atom. The summed E-state index contributed by atoms with van der Waals surface area (Å²) in [6.45, 7) is 7.44. The quantitative estimate of drug-likeness (QED) is 0.0797. The van der Waals surface area contributed by atoms with Crippen molar-refractivity contribution >= 4 is 56.2 Å². The molecule has 0 bridgehead atoms. The molecule has 0 saturated carbocycles. The Bertz CT molecular complexity index is 1700. The molecule has 2 amide bonds. The predicted molar refractivity (Wildman–Crippen MR) is 186 cm³/mol. The topological polar surface area (TPSA) is 146 Å². The van der Waals surface area contributed by atoms with Gasteiger partial charge in [0, 0.05) is 58.4 Å². The minimum Gasteiger partial charge on any atom is -0.507 e. The van der Waals surface area contributed by atoms with E-state index in [0.29, 0.717) is 32.3 Å². The molecule has 10 nitrogen and oxygen atoms in total. The van der Waals surface area contributed by atoms with Crippen LogP contribution in [0.4, 0.5) is 21.0 Å². The zero-order valence-corrected chi connectivity index (χ0v) is 27.9. The number of hydrogen-bond donors (Lipinski definition) is 4. The number of aliphatic imine (C=N–C) groups is 2. The summed E-state index contributed by atoms with van der Waals surface area (Å²) in [4.78, 5) is 35.4. The van der Waals surface area contributed by atoms with E-state index in [1.807, 2.05) is 52.0 Å². The highest BCUT2D eigenvalue weighted by Gasteiger charge is 2.41. The summed E-state index contributed by atoms with van der Waals surface area (Å²) < 4.78 is 2.22. The third-order valence-electron chi connectivity index (χ3n) is 7.25. The second-order valence-corrected chi connectivity index (χ2v) is 15.7. The molecule has 4 aromatic rings. The number of amides is 2. The maximum atomic E-state index is 12.8. The number of benzene rings is 4. The fourth-order valence-electron chi connectivity index (χ4n) is 4.91. The van der Waals surface area contributed by atoms with Crippen LogP contribution in [0, 0.1) is 27.7 Å². The van der Waals surface area contributed by atoms with E-state index in [2.05, 4.69) is 9.98 Å². The molecule has 4 aromatic carbocycles. The van der Waals surface area contributed by atoms with Gasteiger partial charge in [-0.05, 0) is 108 Å². The van der Waals surface area contributed by atoms with E-state index in [1.54, 1.807) is 61.0 Å². The lowest BCUT2D eigenvalue weighted by Crippen LogP contribution is -2.31. The highest BCUT2D eigenvalue weighted by Crippen LogP contribution is 2.74. The van der Waals surface area contributed by atoms with Gasteiger partial charge in [-0.3, -0.25) is 14.3 Å². The molecule has 0 aromatic heterocycles. The largest absolute Gasteiger partial charge is 0.507 e. The molecule has 0 aliphatic rings. The molecule has 0 saturated heterocycles. The predicted octanol–water partition coefficient (Wildman–Crippen LogP) is 8.75. The first-order valence-electron chi connectivity index (χ1n) is 14.1. The highest BCUT2D eigenvalue weighted by atomic mass is 33.2. The molecule has 0 radical (unpaired) electrons. The fourth-order valence-corrected chi connectivity index (χ4v) is 10.8. The van der Waals surface area contributed by atoms with Crippen molar-refractivity contribution in [1.29, 1.82) is 0 Å². The van der Waals surface area contributed by atoms with Crippen molar-refractivity contribution in [2.75, 3.05) is 14.1 Å². The van der Waals surface area contributed by atoms with Crippen LogP contribution >= 0.6 is 20.2 Å². The average Bonchev–Trinajstić information content (AvgIpc) is 3.00. The number of aryl methyl sites for hydroxylation is 4. The third kappa shape index (κ3) is 6.98. The van der Waals surface area contributed by atoms with E-state index in [4.69, 9.17) is 0 Å². The van der Waals surface area contributed by atoms with Crippen LogP contribution in [0.15, 0.2) is 92.6 Å². The number of carbonyl (C=O) groups is 2. The lowest BCUT2D eigenvalue weighted by Gasteiger charge is -2.46. The van der Waals surface area contributed by atoms with Crippen molar-refractivity contribution in [3.63, 3.8) is 0 Å². The summed E-state index contributed by atoms with van der Waals surface area (Å²) in [5.74, 6) is 0.189. The summed E-state index contributed by atoms with van der Waals surface area (Å²) >= 11 is 0. The number of carboxylic acid groups (broad SMARTS) is 2. The highest BCUT2D eigenvalue weighted by molar-refractivity contribution is 8.92. The second-order valence-electron chi connectivity index (χ2n) is 10.6. The summed E-state index contributed by atoms with van der Waals surface area (Å²) in [7, 11) is 0.935. The number of hydrogen-bond acceptors (Lipinski definition) is 7. The number of para-hydroxylation sites is 2. The van der Waals surface area contributed by atoms with E-state index in [9.17, 15) is 30.0 Å². The molecular weight excluding hydrogens is 625 g/mol. The van der Waals surface area contributed by atoms with Crippen molar-refractivity contribution < 1.29 is 30.0 Å². The van der Waals surface area contributed by atoms with Crippen LogP contribution in [0.1, 0.15) is 33.4 Å². The van der Waals surface area contributed by atoms with Gasteiger partial charge in [0.1, 0.15) is 11.5 Å². The van der Waals surface area contributed by atoms with Crippen LogP contribution in [0.5, 0.6) is 11.5 Å². The number of rotatable bonds is 9. The van der Waals surface area contributed by atoms with E-state index >= 15 is 0 Å². The standard InChI is InChI=1S/C34H36N4O6S2/c1-21-15-27(16-22(2)31(21)35-19-25-11-7-9-13-29(25)39)46(38(6)34(43)44,45-37(5)33(41)42)28-17-23(3)32(24(4)18-28)36-20-26-12-8-10-14-30(26)40/h7-20,39-40H,1-6H3,(H,41,42)(H,43,44). The summed E-state index contributed by atoms with van der Waals surface area (Å²) in [5.41, 5.74) is 5.37. The number of nitrogens with zero attached hydrogens (tertiary/aromatic N) is 4. The molecule has 4 N–H and O–H groups in total. The molecule has 240 valence electrons. The van der Waals surface area contributed by atoms with Crippen molar-refractivity contribution in [3.05, 3.63) is 106 Å². The molecule has 0 unspecified atom stereocenters. The van der Waals surface area contributed by atoms with Crippen LogP contribution in [-0.4, -0.2) is 67.7 Å². The van der Waals surface area contributed by atoms with Crippen molar-refractivity contribution in [3.8, 4) is 11.5 Å². The second kappa shape index (κ2) is 14.0. The summed E-state index contributed by atoms with van der Waals surface area (Å²) in [5, 5.41) is 40.7. The summed E-state index contributed by atoms with van der Waals surface area (Å²) in [6.07, 6.45) is 0.690. The molecule has 0 fully saturated rings. The lowest BCUT2D eigenvalue weighted by atomic mass is 10.1. The molecule has 0 atom stereocenters. The van der Waals surface area contributed by atoms with Crippen LogP contribution in [0.2, 0.25) is 0 Å². The van der Waals surface area contributed by atoms with Crippen LogP contribution in [0.3, 0.4) is 0 Å². The van der Waals surface area contributed by atoms with E-state index in [1.165, 1.54) is 18.4 Å². The monoisotopic (exact) mass is 660 g/mol. The van der Waals surface area contributed by atoms with E-state index in [-0.39, 0.29) is 11.5 Å². The van der Waals surface area contributed by atoms with E-state index in [0.717, 1.165) is 37.5 Å². The zero-order valence-electron chi connectivity index (χ0n) is 26.3. The Morgan fingerprint density at radius 2 is 1.04 bits per heavy atom. The van der Waals surface area contributed by atoms with Gasteiger partial charge in [-0.15, -0.1) is 0 Å². The number of aromatic hydroxyl groups is 2. The van der Waals surface area contributed by atoms with Gasteiger partial charge < -0.3 is 20.4 Å². The molecule has 0 aliphatic carbocycles. The number of phenols is 2. The normalized spacial score (nSPS) is 13.4. The Balaban J connectivity index is 1.93. The first-order valence-corrected chi connectivity index (χ1v) is 17.0. The molecule has 0 aliphatic heterocycles. The first-order chi connectivity index (χ1) is 21.8. The molecular formula is C34H36N4O6S2. The molecule has 46 heavy (non-hydrogen) atoms. The first kappa shape index (κ1) is 33.9. The minimum absolute atomic E-state index is 0.0944. The SMILES string of the molecule is Cc1cc(S(SN(C)C(=O)O)(c2cc(C)c(N=Cc3ccccc3O)c(C)c2)N(C)C(=O)O)cc(C)c1N=Cc1ccccc1O. The Labute approximate surface area is 273 Å². The average molecular weight is 661 g/mol. The van der Waals surface area contributed by atoms with Crippen LogP contribution < -0.4 is 0 Å². The minimum atomic E-state index is -2.84. The maximum absolute atomic E-state index is 12.8. The van der Waals surface area contributed by atoms with Gasteiger partial charge in [0.05, 0.1) is 11.4 Å². The van der Waals surface area contributed by atoms with Gasteiger partial charge in [0.2, 0.25) is 0 Å². The Hall–Kier alpha value is -4.94. The van der Waals surface area contributed by atoms with Gasteiger partial charge in [-0.1, -0.05) is 24.3 Å². The lowest BCUT2D eigenvalue weighted by molar-refractivity contribution is 0.178. The van der Waals surface area contributed by atoms with Crippen LogP contribution in [0.25, 0.3) is 0 Å². The third-order valence-corrected chi connectivity index (χ3v) is 13.7. The van der Waals surface area contributed by atoms with Gasteiger partial charge in [0.15, 0.2) is 0 Å². The van der Waals surface area contributed by atoms with Crippen molar-refractivity contribution in [2.24, 2.45) is 9.98 Å². The van der Waals surface area contributed by atoms with Crippen LogP contribution in [-0.2, 0) is 0 Å². The molecule has 4 rings (SSSR count). The zero-order chi connectivity index (χ0) is 33.8. The maximum Gasteiger partial charge on any atom is 0.417 e. The van der Waals surface area contributed by atoms with Gasteiger partial charge >= 0.3 is 12.2 Å². The number of phenolic OH excluding ortho intramolecular Hbond substituents is 2. The van der Waals surface area contributed by atoms with Gasteiger partial charge in [-0.25, -0.2) is 13.9 Å². The molecule has 0 spiro atoms. The van der Waals surface area contributed by atoms with Gasteiger partial charge in [-0.2, -0.15) is 0 Å². The fraction of sp³-hybridized carbons (Fsp3) is 0.176. The Morgan fingerprint density at radius 3 is 1.37 bits per heavy atom. The Kier molecular flexibility index (Phi) is 10.3. The van der Waals surface area contributed by atoms with Crippen molar-refractivity contribution in [1.82, 2.24) is 8.61 Å². The molecule has 0 heterocycles. The van der Waals surface area contributed by atoms with Gasteiger partial charge in [0.25, 0.3) is 0 Å².